The van der Waals surface area contributed by atoms with Gasteiger partial charge in [-0.15, -0.1) is 0 Å². The maximum atomic E-state index is 12.6. The lowest BCUT2D eigenvalue weighted by Gasteiger charge is -2.26. The van der Waals surface area contributed by atoms with Crippen molar-refractivity contribution < 1.29 is 13.2 Å². The summed E-state index contributed by atoms with van der Waals surface area (Å²) in [7, 11) is -3.57. The van der Waals surface area contributed by atoms with Gasteiger partial charge in [-0.2, -0.15) is 4.31 Å². The zero-order valence-electron chi connectivity index (χ0n) is 10.9. The molecule has 1 amide bonds. The first-order chi connectivity index (χ1) is 9.48. The van der Waals surface area contributed by atoms with Crippen LogP contribution in [0.3, 0.4) is 0 Å². The van der Waals surface area contributed by atoms with Gasteiger partial charge in [0.2, 0.25) is 15.9 Å². The number of anilines is 1. The molecular weight excluding hydrogens is 300 g/mol. The number of benzene rings is 1. The molecule has 0 radical (unpaired) electrons. The zero-order valence-corrected chi connectivity index (χ0v) is 12.4. The second kappa shape index (κ2) is 5.02. The van der Waals surface area contributed by atoms with Crippen LogP contribution in [-0.4, -0.2) is 31.7 Å². The van der Waals surface area contributed by atoms with Crippen LogP contribution in [0, 0.1) is 0 Å². The number of hydrogen-bond donors (Lipinski definition) is 1. The van der Waals surface area contributed by atoms with Crippen molar-refractivity contribution in [3.8, 4) is 0 Å². The van der Waals surface area contributed by atoms with Crippen LogP contribution >= 0.6 is 11.6 Å². The molecule has 1 saturated heterocycles. The summed E-state index contributed by atoms with van der Waals surface area (Å²) >= 11 is 6.10. The van der Waals surface area contributed by atoms with Gasteiger partial charge in [-0.1, -0.05) is 18.0 Å². The van der Waals surface area contributed by atoms with Gasteiger partial charge in [0.25, 0.3) is 0 Å². The predicted molar refractivity (Wildman–Crippen MR) is 76.4 cm³/mol. The number of nitrogens with zero attached hydrogens (tertiary/aromatic N) is 1. The van der Waals surface area contributed by atoms with Gasteiger partial charge in [0.05, 0.1) is 11.4 Å². The molecule has 20 heavy (non-hydrogen) atoms. The van der Waals surface area contributed by atoms with E-state index < -0.39 is 10.0 Å². The average molecular weight is 315 g/mol. The molecule has 0 spiro atoms. The van der Waals surface area contributed by atoms with Gasteiger partial charge < -0.3 is 5.32 Å². The van der Waals surface area contributed by atoms with Crippen LogP contribution in [0.4, 0.5) is 5.69 Å². The van der Waals surface area contributed by atoms with Crippen molar-refractivity contribution in [2.45, 2.75) is 30.6 Å². The van der Waals surface area contributed by atoms with E-state index in [-0.39, 0.29) is 22.2 Å². The first-order valence-corrected chi connectivity index (χ1v) is 8.43. The number of rotatable bonds is 2. The Morgan fingerprint density at radius 1 is 1.15 bits per heavy atom. The van der Waals surface area contributed by atoms with Crippen LogP contribution in [0.25, 0.3) is 0 Å². The smallest absolute Gasteiger partial charge is 0.244 e. The molecule has 0 aliphatic carbocycles. The van der Waals surface area contributed by atoms with Crippen molar-refractivity contribution >= 4 is 33.2 Å². The molecule has 1 aromatic rings. The fourth-order valence-electron chi connectivity index (χ4n) is 2.67. The highest BCUT2D eigenvalue weighted by atomic mass is 35.5. The molecule has 0 bridgehead atoms. The van der Waals surface area contributed by atoms with Gasteiger partial charge in [0.1, 0.15) is 4.90 Å². The predicted octanol–water partition coefficient (Wildman–Crippen LogP) is 2.01. The van der Waals surface area contributed by atoms with E-state index in [0.29, 0.717) is 24.3 Å². The minimum absolute atomic E-state index is 0.108. The summed E-state index contributed by atoms with van der Waals surface area (Å²) in [6, 6.07) is 3.05. The third-order valence-corrected chi connectivity index (χ3v) is 6.08. The summed E-state index contributed by atoms with van der Waals surface area (Å²) in [5.41, 5.74) is 1.30. The molecule has 1 aromatic carbocycles. The van der Waals surface area contributed by atoms with Crippen molar-refractivity contribution in [1.29, 1.82) is 0 Å². The summed E-state index contributed by atoms with van der Waals surface area (Å²) in [5, 5.41) is 2.83. The molecule has 7 heteroatoms. The summed E-state index contributed by atoms with van der Waals surface area (Å²) in [5.74, 6) is -0.136. The van der Waals surface area contributed by atoms with Gasteiger partial charge in [-0.25, -0.2) is 8.42 Å². The van der Waals surface area contributed by atoms with Crippen molar-refractivity contribution in [2.75, 3.05) is 18.4 Å². The summed E-state index contributed by atoms with van der Waals surface area (Å²) < 4.78 is 26.7. The lowest BCUT2D eigenvalue weighted by atomic mass is 10.2. The topological polar surface area (TPSA) is 66.5 Å². The lowest BCUT2D eigenvalue weighted by molar-refractivity contribution is -0.115. The Morgan fingerprint density at radius 2 is 1.85 bits per heavy atom. The van der Waals surface area contributed by atoms with E-state index in [2.05, 4.69) is 5.32 Å². The van der Waals surface area contributed by atoms with Crippen molar-refractivity contribution in [1.82, 2.24) is 4.31 Å². The molecule has 0 aromatic heterocycles. The third kappa shape index (κ3) is 2.32. The number of sulfonamides is 1. The van der Waals surface area contributed by atoms with E-state index in [9.17, 15) is 13.2 Å². The molecule has 1 fully saturated rings. The fourth-order valence-corrected chi connectivity index (χ4v) is 4.74. The molecule has 2 aliphatic heterocycles. The highest BCUT2D eigenvalue weighted by Crippen LogP contribution is 2.34. The van der Waals surface area contributed by atoms with Crippen LogP contribution < -0.4 is 5.32 Å². The fraction of sp³-hybridized carbons (Fsp3) is 0.462. The first-order valence-electron chi connectivity index (χ1n) is 6.61. The number of carbonyl (C=O) groups is 1. The van der Waals surface area contributed by atoms with E-state index in [1.165, 1.54) is 16.4 Å². The van der Waals surface area contributed by atoms with Gasteiger partial charge in [-0.3, -0.25) is 4.79 Å². The minimum atomic E-state index is -3.57. The summed E-state index contributed by atoms with van der Waals surface area (Å²) in [6.45, 7) is 1.07. The number of fused-ring (bicyclic) bond motifs is 1. The Hall–Kier alpha value is -1.11. The van der Waals surface area contributed by atoms with Gasteiger partial charge in [0.15, 0.2) is 0 Å². The highest BCUT2D eigenvalue weighted by Gasteiger charge is 2.30. The first kappa shape index (κ1) is 13.9. The molecule has 108 valence electrons. The molecule has 1 N–H and O–H groups in total. The Labute approximate surface area is 123 Å². The number of nitrogens with one attached hydrogen (secondary N) is 1. The van der Waals surface area contributed by atoms with Crippen LogP contribution in [0.15, 0.2) is 17.0 Å². The monoisotopic (exact) mass is 314 g/mol. The maximum Gasteiger partial charge on any atom is 0.244 e. The van der Waals surface area contributed by atoms with E-state index in [0.717, 1.165) is 19.3 Å². The number of piperidine rings is 1. The van der Waals surface area contributed by atoms with E-state index >= 15 is 0 Å². The summed E-state index contributed by atoms with van der Waals surface area (Å²) in [6.07, 6.45) is 3.01. The average Bonchev–Trinajstić information content (AvgIpc) is 2.78. The lowest BCUT2D eigenvalue weighted by Crippen LogP contribution is -2.35. The molecule has 0 saturated carbocycles. The largest absolute Gasteiger partial charge is 0.325 e. The van der Waals surface area contributed by atoms with Crippen molar-refractivity contribution in [3.63, 3.8) is 0 Å². The molecule has 0 unspecified atom stereocenters. The maximum absolute atomic E-state index is 12.6. The Bertz CT molecular complexity index is 666. The third-order valence-electron chi connectivity index (χ3n) is 3.72. The summed E-state index contributed by atoms with van der Waals surface area (Å²) in [4.78, 5) is 11.5. The number of carbonyl (C=O) groups excluding carboxylic acids is 1. The van der Waals surface area contributed by atoms with Gasteiger partial charge >= 0.3 is 0 Å². The Kier molecular flexibility index (Phi) is 3.48. The molecule has 2 aliphatic rings. The number of halogens is 1. The van der Waals surface area contributed by atoms with Crippen LogP contribution in [0.5, 0.6) is 0 Å². The van der Waals surface area contributed by atoms with E-state index in [4.69, 9.17) is 11.6 Å². The standard InChI is InChI=1S/C13H15ClN2O3S/c14-10-8-11-9(7-13(17)15-11)6-12(10)20(18,19)16-4-2-1-3-5-16/h6,8H,1-5,7H2,(H,15,17). The Balaban J connectivity index is 2.01. The van der Waals surface area contributed by atoms with Gasteiger partial charge in [-0.05, 0) is 30.5 Å². The minimum Gasteiger partial charge on any atom is -0.325 e. The molecule has 0 atom stereocenters. The molecule has 5 nitrogen and oxygen atoms in total. The SMILES string of the molecule is O=C1Cc2cc(S(=O)(=O)N3CCCCC3)c(Cl)cc2N1. The second-order valence-electron chi connectivity index (χ2n) is 5.13. The van der Waals surface area contributed by atoms with Gasteiger partial charge in [0, 0.05) is 18.8 Å². The highest BCUT2D eigenvalue weighted by molar-refractivity contribution is 7.89. The normalized spacial score (nSPS) is 19.8. The van der Waals surface area contributed by atoms with Crippen LogP contribution in [0.1, 0.15) is 24.8 Å². The second-order valence-corrected chi connectivity index (χ2v) is 7.44. The Morgan fingerprint density at radius 3 is 2.55 bits per heavy atom. The molecule has 2 heterocycles. The molecular formula is C13H15ClN2O3S. The molecule has 3 rings (SSSR count). The number of hydrogen-bond acceptors (Lipinski definition) is 3. The van der Waals surface area contributed by atoms with Crippen molar-refractivity contribution in [2.24, 2.45) is 0 Å². The number of amides is 1. The van der Waals surface area contributed by atoms with Crippen molar-refractivity contribution in [3.05, 3.63) is 22.7 Å². The zero-order chi connectivity index (χ0) is 14.3. The van der Waals surface area contributed by atoms with Crippen LogP contribution in [0.2, 0.25) is 5.02 Å². The quantitative estimate of drug-likeness (QED) is 0.908. The van der Waals surface area contributed by atoms with Crippen LogP contribution in [-0.2, 0) is 21.2 Å². The van der Waals surface area contributed by atoms with E-state index in [1.807, 2.05) is 0 Å². The van der Waals surface area contributed by atoms with E-state index in [1.54, 1.807) is 0 Å².